The second kappa shape index (κ2) is 7.51. The van der Waals surface area contributed by atoms with Gasteiger partial charge in [-0.1, -0.05) is 67.6 Å². The lowest BCUT2D eigenvalue weighted by Crippen LogP contribution is -2.18. The van der Waals surface area contributed by atoms with Crippen LogP contribution in [-0.2, 0) is 11.2 Å². The summed E-state index contributed by atoms with van der Waals surface area (Å²) in [5, 5.41) is 9.28. The van der Waals surface area contributed by atoms with Crippen molar-refractivity contribution in [2.45, 2.75) is 59.3 Å². The largest absolute Gasteiger partial charge is 0.371 e. The molecule has 0 aliphatic heterocycles. The van der Waals surface area contributed by atoms with Gasteiger partial charge in [0.1, 0.15) is 5.69 Å². The van der Waals surface area contributed by atoms with Crippen molar-refractivity contribution in [3.63, 3.8) is 0 Å². The van der Waals surface area contributed by atoms with Crippen molar-refractivity contribution in [3.05, 3.63) is 59.7 Å². The molecule has 4 nitrogen and oxygen atoms in total. The molecule has 0 spiro atoms. The van der Waals surface area contributed by atoms with Crippen LogP contribution in [0.3, 0.4) is 0 Å². The molecule has 0 N–H and O–H groups in total. The molecule has 146 valence electrons. The fraction of sp³-hybridized carbons (Fsp3) is 0.417. The maximum Gasteiger partial charge on any atom is 0.121 e. The molecule has 2 unspecified atom stereocenters. The number of fused-ring (bicyclic) bond motifs is 5. The Balaban J connectivity index is 2.01. The lowest BCUT2D eigenvalue weighted by Gasteiger charge is -2.27. The summed E-state index contributed by atoms with van der Waals surface area (Å²) >= 11 is 0. The zero-order valence-electron chi connectivity index (χ0n) is 17.4. The van der Waals surface area contributed by atoms with E-state index >= 15 is 0 Å². The van der Waals surface area contributed by atoms with E-state index in [1.54, 1.807) is 0 Å². The van der Waals surface area contributed by atoms with E-state index in [4.69, 9.17) is 4.74 Å². The van der Waals surface area contributed by atoms with Crippen LogP contribution < -0.4 is 0 Å². The summed E-state index contributed by atoms with van der Waals surface area (Å²) in [6.07, 6.45) is 0.991. The number of benzene rings is 2. The summed E-state index contributed by atoms with van der Waals surface area (Å²) in [7, 11) is 0. The molecule has 1 aliphatic rings. The van der Waals surface area contributed by atoms with Crippen LogP contribution in [0.2, 0.25) is 0 Å². The molecular weight excluding hydrogens is 346 g/mol. The van der Waals surface area contributed by atoms with Gasteiger partial charge in [0, 0.05) is 17.5 Å². The van der Waals surface area contributed by atoms with Crippen molar-refractivity contribution in [2.75, 3.05) is 0 Å². The maximum atomic E-state index is 6.36. The molecule has 0 saturated carbocycles. The van der Waals surface area contributed by atoms with Gasteiger partial charge in [0.15, 0.2) is 0 Å². The molecule has 4 rings (SSSR count). The summed E-state index contributed by atoms with van der Waals surface area (Å²) in [5.74, 6) is 0.468. The zero-order chi connectivity index (χ0) is 19.8. The Hall–Kier alpha value is -2.46. The third-order valence-corrected chi connectivity index (χ3v) is 5.72. The first-order chi connectivity index (χ1) is 13.5. The zero-order valence-corrected chi connectivity index (χ0v) is 17.4. The van der Waals surface area contributed by atoms with Crippen LogP contribution in [-0.4, -0.2) is 21.1 Å². The van der Waals surface area contributed by atoms with Crippen LogP contribution in [0.1, 0.15) is 57.9 Å². The lowest BCUT2D eigenvalue weighted by atomic mass is 9.87. The van der Waals surface area contributed by atoms with Crippen molar-refractivity contribution in [3.8, 4) is 22.5 Å². The van der Waals surface area contributed by atoms with Gasteiger partial charge < -0.3 is 4.74 Å². The SMILES string of the molecule is CC(C)OC1Cc2ccccc2-c2c(nnn2C(C)C(C)C)-c2ccccc21. The third-order valence-electron chi connectivity index (χ3n) is 5.72. The first-order valence-electron chi connectivity index (χ1n) is 10.3. The normalized spacial score (nSPS) is 16.9. The highest BCUT2D eigenvalue weighted by molar-refractivity contribution is 5.82. The summed E-state index contributed by atoms with van der Waals surface area (Å²) in [5.41, 5.74) is 6.88. The Bertz CT molecular complexity index is 973. The molecule has 0 saturated heterocycles. The van der Waals surface area contributed by atoms with Gasteiger partial charge in [-0.2, -0.15) is 0 Å². The predicted molar refractivity (Wildman–Crippen MR) is 113 cm³/mol. The molecule has 0 amide bonds. The van der Waals surface area contributed by atoms with Crippen LogP contribution in [0.4, 0.5) is 0 Å². The van der Waals surface area contributed by atoms with E-state index < -0.39 is 0 Å². The number of nitrogens with zero attached hydrogens (tertiary/aromatic N) is 3. The summed E-state index contributed by atoms with van der Waals surface area (Å²) in [4.78, 5) is 0. The monoisotopic (exact) mass is 375 g/mol. The molecule has 4 heteroatoms. The second-order valence-corrected chi connectivity index (χ2v) is 8.34. The van der Waals surface area contributed by atoms with Gasteiger partial charge in [-0.15, -0.1) is 5.10 Å². The Labute approximate surface area is 167 Å². The van der Waals surface area contributed by atoms with E-state index in [0.717, 1.165) is 23.4 Å². The standard InChI is InChI=1S/C24H29N3O/c1-15(2)17(5)27-24-19-11-7-6-10-18(19)14-22(28-16(3)4)20-12-8-9-13-21(20)23(24)25-26-27/h6-13,15-17,22H,14H2,1-5H3. The van der Waals surface area contributed by atoms with Gasteiger partial charge >= 0.3 is 0 Å². The minimum absolute atomic E-state index is 0.00169. The van der Waals surface area contributed by atoms with Crippen molar-refractivity contribution in [1.82, 2.24) is 15.0 Å². The fourth-order valence-electron chi connectivity index (χ4n) is 3.98. The summed E-state index contributed by atoms with van der Waals surface area (Å²) < 4.78 is 8.47. The smallest absolute Gasteiger partial charge is 0.121 e. The second-order valence-electron chi connectivity index (χ2n) is 8.34. The van der Waals surface area contributed by atoms with Crippen LogP contribution in [0.5, 0.6) is 0 Å². The Morgan fingerprint density at radius 1 is 0.929 bits per heavy atom. The molecule has 0 fully saturated rings. The fourth-order valence-corrected chi connectivity index (χ4v) is 3.98. The third kappa shape index (κ3) is 3.26. The number of aromatic nitrogens is 3. The maximum absolute atomic E-state index is 6.36. The topological polar surface area (TPSA) is 39.9 Å². The van der Waals surface area contributed by atoms with Gasteiger partial charge in [-0.05, 0) is 37.8 Å². The molecule has 3 aromatic rings. The molecule has 0 bridgehead atoms. The average molecular weight is 376 g/mol. The molecule has 0 radical (unpaired) electrons. The van der Waals surface area contributed by atoms with Crippen molar-refractivity contribution in [2.24, 2.45) is 5.92 Å². The highest BCUT2D eigenvalue weighted by Crippen LogP contribution is 2.42. The minimum atomic E-state index is -0.00169. The minimum Gasteiger partial charge on any atom is -0.371 e. The molecule has 1 heterocycles. The molecule has 2 aromatic carbocycles. The quantitative estimate of drug-likeness (QED) is 0.574. The van der Waals surface area contributed by atoms with E-state index in [1.807, 2.05) is 0 Å². The van der Waals surface area contributed by atoms with Gasteiger partial charge in [0.2, 0.25) is 0 Å². The Kier molecular flexibility index (Phi) is 5.07. The van der Waals surface area contributed by atoms with E-state index in [-0.39, 0.29) is 18.2 Å². The molecular formula is C24H29N3O. The van der Waals surface area contributed by atoms with E-state index in [0.29, 0.717) is 5.92 Å². The molecule has 2 atom stereocenters. The first kappa shape index (κ1) is 18.9. The highest BCUT2D eigenvalue weighted by Gasteiger charge is 2.30. The number of hydrogen-bond donors (Lipinski definition) is 0. The van der Waals surface area contributed by atoms with Crippen LogP contribution in [0.15, 0.2) is 48.5 Å². The summed E-state index contributed by atoms with van der Waals surface area (Å²) in [6, 6.07) is 17.4. The lowest BCUT2D eigenvalue weighted by molar-refractivity contribution is 0.00716. The first-order valence-corrected chi connectivity index (χ1v) is 10.3. The van der Waals surface area contributed by atoms with Crippen LogP contribution in [0, 0.1) is 5.92 Å². The number of ether oxygens (including phenoxy) is 1. The predicted octanol–water partition coefficient (Wildman–Crippen LogP) is 5.85. The molecule has 1 aliphatic carbocycles. The Morgan fingerprint density at radius 2 is 1.61 bits per heavy atom. The highest BCUT2D eigenvalue weighted by atomic mass is 16.5. The van der Waals surface area contributed by atoms with Crippen molar-refractivity contribution >= 4 is 0 Å². The average Bonchev–Trinajstić information content (AvgIpc) is 3.10. The summed E-state index contributed by atoms with van der Waals surface area (Å²) in [6.45, 7) is 10.9. The van der Waals surface area contributed by atoms with Gasteiger partial charge in [-0.3, -0.25) is 0 Å². The van der Waals surface area contributed by atoms with Gasteiger partial charge in [0.05, 0.1) is 23.9 Å². The van der Waals surface area contributed by atoms with Gasteiger partial charge in [0.25, 0.3) is 0 Å². The van der Waals surface area contributed by atoms with E-state index in [9.17, 15) is 0 Å². The van der Waals surface area contributed by atoms with Crippen molar-refractivity contribution < 1.29 is 4.74 Å². The number of hydrogen-bond acceptors (Lipinski definition) is 3. The molecule has 1 aromatic heterocycles. The Morgan fingerprint density at radius 3 is 2.32 bits per heavy atom. The molecule has 28 heavy (non-hydrogen) atoms. The van der Waals surface area contributed by atoms with Crippen molar-refractivity contribution in [1.29, 1.82) is 0 Å². The number of rotatable bonds is 4. The van der Waals surface area contributed by atoms with E-state index in [2.05, 4.69) is 98.1 Å². The van der Waals surface area contributed by atoms with Crippen LogP contribution >= 0.6 is 0 Å². The van der Waals surface area contributed by atoms with E-state index in [1.165, 1.54) is 16.7 Å². The van der Waals surface area contributed by atoms with Crippen LogP contribution in [0.25, 0.3) is 22.5 Å². The van der Waals surface area contributed by atoms with Gasteiger partial charge in [-0.25, -0.2) is 4.68 Å².